The Labute approximate surface area is 203 Å². The highest BCUT2D eigenvalue weighted by Gasteiger charge is 2.24. The lowest BCUT2D eigenvalue weighted by Gasteiger charge is -2.27. The molecular formula is C25H30FN5O2S. The van der Waals surface area contributed by atoms with Crippen LogP contribution >= 0.6 is 11.8 Å². The largest absolute Gasteiger partial charge is 0.467 e. The first-order chi connectivity index (χ1) is 16.4. The number of allylic oxidation sites excluding steroid dienone is 2. The third kappa shape index (κ3) is 5.59. The number of thioether (sulfide) groups is 1. The van der Waals surface area contributed by atoms with Gasteiger partial charge in [0.2, 0.25) is 5.91 Å². The van der Waals surface area contributed by atoms with Crippen LogP contribution in [0.5, 0.6) is 0 Å². The number of rotatable bonds is 9. The van der Waals surface area contributed by atoms with E-state index in [4.69, 9.17) is 4.42 Å². The monoisotopic (exact) mass is 483 g/mol. The average molecular weight is 484 g/mol. The molecule has 0 spiro atoms. The maximum Gasteiger partial charge on any atom is 0.237 e. The molecule has 0 fully saturated rings. The Morgan fingerprint density at radius 3 is 2.65 bits per heavy atom. The second-order valence-corrected chi connectivity index (χ2v) is 9.52. The number of nitrogens with zero attached hydrogens (tertiary/aromatic N) is 5. The molecular weight excluding hydrogens is 453 g/mol. The molecule has 0 aliphatic heterocycles. The highest BCUT2D eigenvalue weighted by molar-refractivity contribution is 7.99. The summed E-state index contributed by atoms with van der Waals surface area (Å²) in [6, 6.07) is 9.93. The summed E-state index contributed by atoms with van der Waals surface area (Å²) >= 11 is 1.34. The summed E-state index contributed by atoms with van der Waals surface area (Å²) in [6.45, 7) is 2.44. The first-order valence-corrected chi connectivity index (χ1v) is 12.4. The van der Waals surface area contributed by atoms with Gasteiger partial charge in [-0.3, -0.25) is 14.3 Å². The van der Waals surface area contributed by atoms with Crippen molar-refractivity contribution >= 4 is 17.7 Å². The quantitative estimate of drug-likeness (QED) is 0.390. The van der Waals surface area contributed by atoms with Crippen molar-refractivity contribution in [3.63, 3.8) is 0 Å². The summed E-state index contributed by atoms with van der Waals surface area (Å²) in [4.78, 5) is 17.2. The van der Waals surface area contributed by atoms with Gasteiger partial charge >= 0.3 is 0 Å². The van der Waals surface area contributed by atoms with E-state index < -0.39 is 0 Å². The molecule has 3 aromatic rings. The summed E-state index contributed by atoms with van der Waals surface area (Å²) in [5, 5.41) is 9.40. The summed E-state index contributed by atoms with van der Waals surface area (Å²) < 4.78 is 21.0. The van der Waals surface area contributed by atoms with Crippen molar-refractivity contribution in [2.24, 2.45) is 0 Å². The normalized spacial score (nSPS) is 14.8. The zero-order valence-corrected chi connectivity index (χ0v) is 20.6. The summed E-state index contributed by atoms with van der Waals surface area (Å²) in [7, 11) is 3.93. The van der Waals surface area contributed by atoms with Crippen LogP contribution < -0.4 is 0 Å². The molecule has 0 saturated carbocycles. The Balaban J connectivity index is 1.58. The van der Waals surface area contributed by atoms with Crippen LogP contribution in [0.15, 0.2) is 64.0 Å². The fourth-order valence-corrected chi connectivity index (χ4v) is 4.72. The second kappa shape index (κ2) is 11.0. The number of halogens is 1. The van der Waals surface area contributed by atoms with Crippen LogP contribution in [0.4, 0.5) is 4.39 Å². The van der Waals surface area contributed by atoms with Gasteiger partial charge in [0.15, 0.2) is 11.0 Å². The van der Waals surface area contributed by atoms with Gasteiger partial charge in [0.25, 0.3) is 0 Å². The number of amides is 1. The molecule has 1 aromatic carbocycles. The topological polar surface area (TPSA) is 67.4 Å². The van der Waals surface area contributed by atoms with Crippen LogP contribution in [0, 0.1) is 5.82 Å². The maximum atomic E-state index is 13.6. The van der Waals surface area contributed by atoms with Crippen molar-refractivity contribution in [2.75, 3.05) is 19.8 Å². The number of aromatic nitrogens is 3. The van der Waals surface area contributed by atoms with Gasteiger partial charge in [-0.15, -0.1) is 10.2 Å². The van der Waals surface area contributed by atoms with Crippen molar-refractivity contribution in [1.29, 1.82) is 0 Å². The average Bonchev–Trinajstić information content (AvgIpc) is 3.51. The van der Waals surface area contributed by atoms with Crippen LogP contribution in [0.1, 0.15) is 50.2 Å². The minimum Gasteiger partial charge on any atom is -0.467 e. The molecule has 1 amide bonds. The van der Waals surface area contributed by atoms with E-state index in [9.17, 15) is 9.18 Å². The molecule has 9 heteroatoms. The van der Waals surface area contributed by atoms with Crippen molar-refractivity contribution in [3.05, 3.63) is 71.8 Å². The van der Waals surface area contributed by atoms with Crippen molar-refractivity contribution in [2.45, 2.75) is 50.4 Å². The minimum atomic E-state index is -0.308. The lowest BCUT2D eigenvalue weighted by molar-refractivity contribution is -0.127. The van der Waals surface area contributed by atoms with E-state index in [0.29, 0.717) is 11.7 Å². The lowest BCUT2D eigenvalue weighted by Crippen LogP contribution is -2.32. The fraction of sp³-hybridized carbons (Fsp3) is 0.400. The predicted molar refractivity (Wildman–Crippen MR) is 130 cm³/mol. The number of carbonyl (C=O) groups is 1. The van der Waals surface area contributed by atoms with Crippen LogP contribution in [-0.2, 0) is 11.3 Å². The van der Waals surface area contributed by atoms with Gasteiger partial charge in [0.05, 0.1) is 24.6 Å². The Morgan fingerprint density at radius 2 is 2.00 bits per heavy atom. The lowest BCUT2D eigenvalue weighted by atomic mass is 10.0. The molecule has 0 saturated heterocycles. The smallest absolute Gasteiger partial charge is 0.237 e. The molecule has 2 aromatic heterocycles. The van der Waals surface area contributed by atoms with Crippen molar-refractivity contribution in [1.82, 2.24) is 24.6 Å². The first kappa shape index (κ1) is 24.2. The van der Waals surface area contributed by atoms with E-state index in [2.05, 4.69) is 16.3 Å². The molecule has 180 valence electrons. The number of furan rings is 1. The van der Waals surface area contributed by atoms with Crippen LogP contribution in [0.3, 0.4) is 0 Å². The Morgan fingerprint density at radius 1 is 1.21 bits per heavy atom. The molecule has 1 atom stereocenters. The van der Waals surface area contributed by atoms with E-state index in [0.717, 1.165) is 48.7 Å². The summed E-state index contributed by atoms with van der Waals surface area (Å²) in [5.41, 5.74) is 1.81. The van der Waals surface area contributed by atoms with E-state index >= 15 is 0 Å². The molecule has 0 N–H and O–H groups in total. The Hall–Kier alpha value is -2.91. The first-order valence-electron chi connectivity index (χ1n) is 11.5. The molecule has 1 aliphatic rings. The summed E-state index contributed by atoms with van der Waals surface area (Å²) in [5.74, 6) is 1.37. The fourth-order valence-electron chi connectivity index (χ4n) is 3.89. The highest BCUT2D eigenvalue weighted by Crippen LogP contribution is 2.29. The third-order valence-corrected chi connectivity index (χ3v) is 6.94. The molecule has 0 radical (unpaired) electrons. The van der Waals surface area contributed by atoms with Crippen LogP contribution in [0.25, 0.3) is 5.69 Å². The van der Waals surface area contributed by atoms with Gasteiger partial charge in [-0.25, -0.2) is 4.39 Å². The van der Waals surface area contributed by atoms with Gasteiger partial charge in [0, 0.05) is 11.4 Å². The standard InChI is InChI=1S/C25H30FN5O2S/c1-18(29(2)3)24-27-28-25(31(24)21-13-11-19(26)12-14-21)34-17-23(32)30(16-22-10-7-15-33-22)20-8-5-4-6-9-20/h7-8,10-15,18H,4-6,9,16-17H2,1-3H3. The molecule has 1 unspecified atom stereocenters. The molecule has 0 bridgehead atoms. The number of hydrogen-bond acceptors (Lipinski definition) is 6. The second-order valence-electron chi connectivity index (χ2n) is 8.58. The molecule has 1 aliphatic carbocycles. The third-order valence-electron chi connectivity index (χ3n) is 6.03. The maximum absolute atomic E-state index is 13.6. The van der Waals surface area contributed by atoms with Crippen molar-refractivity contribution in [3.8, 4) is 5.69 Å². The van der Waals surface area contributed by atoms with E-state index in [1.165, 1.54) is 23.9 Å². The Bertz CT molecular complexity index is 1120. The number of hydrogen-bond donors (Lipinski definition) is 0. The number of carbonyl (C=O) groups excluding carboxylic acids is 1. The summed E-state index contributed by atoms with van der Waals surface area (Å²) in [6.07, 6.45) is 7.87. The van der Waals surface area contributed by atoms with Gasteiger partial charge in [-0.05, 0) is 83.1 Å². The van der Waals surface area contributed by atoms with E-state index in [-0.39, 0.29) is 23.5 Å². The predicted octanol–water partition coefficient (Wildman–Crippen LogP) is 5.20. The Kier molecular flexibility index (Phi) is 7.84. The van der Waals surface area contributed by atoms with Crippen molar-refractivity contribution < 1.29 is 13.6 Å². The number of benzene rings is 1. The van der Waals surface area contributed by atoms with Crippen LogP contribution in [0.2, 0.25) is 0 Å². The molecule has 2 heterocycles. The van der Waals surface area contributed by atoms with E-state index in [1.54, 1.807) is 18.4 Å². The molecule has 34 heavy (non-hydrogen) atoms. The molecule has 7 nitrogen and oxygen atoms in total. The van der Waals surface area contributed by atoms with E-state index in [1.807, 2.05) is 47.5 Å². The SMILES string of the molecule is CC(c1nnc(SCC(=O)N(Cc2ccco2)C2=CCCCC2)n1-c1ccc(F)cc1)N(C)C. The van der Waals surface area contributed by atoms with Gasteiger partial charge in [-0.2, -0.15) is 0 Å². The minimum absolute atomic E-state index is 0.00888. The molecule has 4 rings (SSSR count). The van der Waals surface area contributed by atoms with Gasteiger partial charge in [0.1, 0.15) is 11.6 Å². The van der Waals surface area contributed by atoms with Gasteiger partial charge in [-0.1, -0.05) is 17.8 Å². The van der Waals surface area contributed by atoms with Gasteiger partial charge < -0.3 is 9.32 Å². The zero-order valence-electron chi connectivity index (χ0n) is 19.8. The van der Waals surface area contributed by atoms with Crippen LogP contribution in [-0.4, -0.2) is 50.3 Å². The highest BCUT2D eigenvalue weighted by atomic mass is 32.2. The zero-order chi connectivity index (χ0) is 24.1.